The molecule has 0 bridgehead atoms. The molecule has 4 amide bonds. The summed E-state index contributed by atoms with van der Waals surface area (Å²) in [6.45, 7) is 2.00. The second-order valence-electron chi connectivity index (χ2n) is 8.69. The molecule has 2 aromatic carbocycles. The quantitative estimate of drug-likeness (QED) is 0.711. The number of benzene rings is 2. The lowest BCUT2D eigenvalue weighted by atomic mass is 9.67. The Morgan fingerprint density at radius 3 is 2.55 bits per heavy atom. The Labute approximate surface area is 191 Å². The van der Waals surface area contributed by atoms with Crippen LogP contribution in [0.3, 0.4) is 0 Å². The third-order valence-electron chi connectivity index (χ3n) is 6.96. The Morgan fingerprint density at radius 1 is 1.00 bits per heavy atom. The van der Waals surface area contributed by atoms with Crippen LogP contribution < -0.4 is 24.6 Å². The summed E-state index contributed by atoms with van der Waals surface area (Å²) in [5.74, 6) is -0.319. The van der Waals surface area contributed by atoms with E-state index in [0.29, 0.717) is 24.6 Å². The molecule has 0 aromatic heterocycles. The maximum Gasteiger partial charge on any atom is 0.335 e. The summed E-state index contributed by atoms with van der Waals surface area (Å²) in [4.78, 5) is 46.1. The molecule has 0 radical (unpaired) electrons. The highest BCUT2D eigenvalue weighted by Crippen LogP contribution is 2.47. The molecular formula is C24H26N4O5. The molecule has 172 valence electrons. The summed E-state index contributed by atoms with van der Waals surface area (Å²) in [6, 6.07) is 11.5. The fourth-order valence-corrected chi connectivity index (χ4v) is 5.28. The number of barbiturate groups is 1. The maximum absolute atomic E-state index is 14.3. The molecule has 5 rings (SSSR count). The predicted molar refractivity (Wildman–Crippen MR) is 122 cm³/mol. The van der Waals surface area contributed by atoms with E-state index in [2.05, 4.69) is 15.1 Å². The van der Waals surface area contributed by atoms with Gasteiger partial charge >= 0.3 is 6.03 Å². The van der Waals surface area contributed by atoms with Gasteiger partial charge in [0.25, 0.3) is 5.91 Å². The lowest BCUT2D eigenvalue weighted by Gasteiger charge is -2.55. The molecule has 2 saturated heterocycles. The standard InChI is InChI=1S/C24H26N4O5/c1-26-10-11-27-17-7-5-4-6-15(17)13-24(20(27)14-26)21(29)25-23(31)28(22(24)30)18-12-16(32-2)8-9-19(18)33-3/h4-9,12,20H,10-11,13-14H2,1-3H3,(H,25,29,31). The van der Waals surface area contributed by atoms with Gasteiger partial charge in [-0.05, 0) is 37.2 Å². The number of ether oxygens (including phenoxy) is 2. The molecule has 33 heavy (non-hydrogen) atoms. The molecule has 9 heteroatoms. The molecule has 2 unspecified atom stereocenters. The summed E-state index contributed by atoms with van der Waals surface area (Å²) in [5.41, 5.74) is 0.712. The van der Waals surface area contributed by atoms with Gasteiger partial charge in [0.2, 0.25) is 5.91 Å². The van der Waals surface area contributed by atoms with Gasteiger partial charge in [0.1, 0.15) is 11.5 Å². The fourth-order valence-electron chi connectivity index (χ4n) is 5.28. The topological polar surface area (TPSA) is 91.4 Å². The highest BCUT2D eigenvalue weighted by atomic mass is 16.5. The van der Waals surface area contributed by atoms with Gasteiger partial charge in [-0.15, -0.1) is 0 Å². The number of para-hydroxylation sites is 1. The van der Waals surface area contributed by atoms with Crippen molar-refractivity contribution in [2.75, 3.05) is 50.7 Å². The van der Waals surface area contributed by atoms with Gasteiger partial charge in [0.15, 0.2) is 5.41 Å². The van der Waals surface area contributed by atoms with Gasteiger partial charge in [0.05, 0.1) is 25.9 Å². The first-order valence-corrected chi connectivity index (χ1v) is 10.9. The number of amides is 4. The number of nitrogens with one attached hydrogen (secondary N) is 1. The number of anilines is 2. The average molecular weight is 450 g/mol. The van der Waals surface area contributed by atoms with Crippen LogP contribution in [0.25, 0.3) is 0 Å². The lowest BCUT2D eigenvalue weighted by Crippen LogP contribution is -2.75. The van der Waals surface area contributed by atoms with Crippen LogP contribution in [0.2, 0.25) is 0 Å². The lowest BCUT2D eigenvalue weighted by molar-refractivity contribution is -0.145. The van der Waals surface area contributed by atoms with E-state index >= 15 is 0 Å². The third kappa shape index (κ3) is 3.06. The highest BCUT2D eigenvalue weighted by Gasteiger charge is 2.63. The summed E-state index contributed by atoms with van der Waals surface area (Å²) >= 11 is 0. The minimum absolute atomic E-state index is 0.207. The Morgan fingerprint density at radius 2 is 1.79 bits per heavy atom. The first kappa shape index (κ1) is 21.3. The summed E-state index contributed by atoms with van der Waals surface area (Å²) in [6.07, 6.45) is 0.207. The van der Waals surface area contributed by atoms with Crippen molar-refractivity contribution in [2.45, 2.75) is 12.5 Å². The number of methoxy groups -OCH3 is 2. The second-order valence-corrected chi connectivity index (χ2v) is 8.69. The molecule has 3 aliphatic rings. The summed E-state index contributed by atoms with van der Waals surface area (Å²) < 4.78 is 10.8. The molecule has 1 spiro atoms. The molecule has 9 nitrogen and oxygen atoms in total. The zero-order valence-electron chi connectivity index (χ0n) is 18.8. The first-order chi connectivity index (χ1) is 15.9. The average Bonchev–Trinajstić information content (AvgIpc) is 2.82. The van der Waals surface area contributed by atoms with Crippen molar-refractivity contribution in [1.29, 1.82) is 0 Å². The van der Waals surface area contributed by atoms with E-state index in [9.17, 15) is 14.4 Å². The van der Waals surface area contributed by atoms with E-state index in [0.717, 1.165) is 22.7 Å². The number of likely N-dealkylation sites (N-methyl/N-ethyl adjacent to an activating group) is 1. The van der Waals surface area contributed by atoms with Gasteiger partial charge in [-0.25, -0.2) is 9.69 Å². The number of nitrogens with zero attached hydrogens (tertiary/aromatic N) is 3. The maximum atomic E-state index is 14.3. The van der Waals surface area contributed by atoms with Crippen molar-refractivity contribution >= 4 is 29.2 Å². The minimum atomic E-state index is -1.47. The van der Waals surface area contributed by atoms with Crippen molar-refractivity contribution in [3.8, 4) is 11.5 Å². The van der Waals surface area contributed by atoms with Gasteiger partial charge in [-0.3, -0.25) is 14.9 Å². The Hall–Kier alpha value is -3.59. The molecular weight excluding hydrogens is 424 g/mol. The molecule has 0 saturated carbocycles. The Balaban J connectivity index is 1.68. The first-order valence-electron chi connectivity index (χ1n) is 10.9. The second kappa shape index (κ2) is 7.77. The Kier molecular flexibility index (Phi) is 5.01. The molecule has 3 aliphatic heterocycles. The number of rotatable bonds is 3. The smallest absolute Gasteiger partial charge is 0.335 e. The number of carbonyl (C=O) groups is 3. The number of imide groups is 2. The number of hydrogen-bond donors (Lipinski definition) is 1. The van der Waals surface area contributed by atoms with Crippen molar-refractivity contribution in [3.63, 3.8) is 0 Å². The van der Waals surface area contributed by atoms with Gasteiger partial charge in [0, 0.05) is 31.4 Å². The highest BCUT2D eigenvalue weighted by molar-refractivity contribution is 6.31. The van der Waals surface area contributed by atoms with Crippen LogP contribution in [0.1, 0.15) is 5.56 Å². The minimum Gasteiger partial charge on any atom is -0.497 e. The molecule has 0 aliphatic carbocycles. The van der Waals surface area contributed by atoms with E-state index in [-0.39, 0.29) is 12.1 Å². The largest absolute Gasteiger partial charge is 0.497 e. The molecule has 2 atom stereocenters. The van der Waals surface area contributed by atoms with Crippen LogP contribution in [-0.2, 0) is 16.0 Å². The van der Waals surface area contributed by atoms with Crippen molar-refractivity contribution in [3.05, 3.63) is 48.0 Å². The van der Waals surface area contributed by atoms with Gasteiger partial charge in [-0.1, -0.05) is 18.2 Å². The fraction of sp³-hybridized carbons (Fsp3) is 0.375. The van der Waals surface area contributed by atoms with E-state index in [1.807, 2.05) is 31.3 Å². The Bertz CT molecular complexity index is 1150. The number of piperazine rings is 1. The summed E-state index contributed by atoms with van der Waals surface area (Å²) in [7, 11) is 4.94. The van der Waals surface area contributed by atoms with Crippen molar-refractivity contribution in [1.82, 2.24) is 10.2 Å². The summed E-state index contributed by atoms with van der Waals surface area (Å²) in [5, 5.41) is 2.47. The van der Waals surface area contributed by atoms with E-state index in [1.54, 1.807) is 18.2 Å². The van der Waals surface area contributed by atoms with Gasteiger partial charge in [-0.2, -0.15) is 0 Å². The van der Waals surface area contributed by atoms with Crippen molar-refractivity contribution in [2.24, 2.45) is 5.41 Å². The van der Waals surface area contributed by atoms with E-state index in [4.69, 9.17) is 9.47 Å². The molecule has 2 aromatic rings. The van der Waals surface area contributed by atoms with Crippen LogP contribution in [0.5, 0.6) is 11.5 Å². The zero-order valence-corrected chi connectivity index (χ0v) is 18.8. The van der Waals surface area contributed by atoms with Crippen molar-refractivity contribution < 1.29 is 23.9 Å². The number of urea groups is 1. The number of carbonyl (C=O) groups excluding carboxylic acids is 3. The van der Waals surface area contributed by atoms with Crippen LogP contribution in [0, 0.1) is 5.41 Å². The SMILES string of the molecule is COc1ccc(OC)c(N2C(=O)NC(=O)C3(Cc4ccccc4N4CCN(C)CC43)C2=O)c1. The normalized spacial score (nSPS) is 24.9. The van der Waals surface area contributed by atoms with Crippen LogP contribution in [-0.4, -0.2) is 69.7 Å². The predicted octanol–water partition coefficient (Wildman–Crippen LogP) is 1.65. The molecule has 2 fully saturated rings. The van der Waals surface area contributed by atoms with Crippen LogP contribution >= 0.6 is 0 Å². The monoisotopic (exact) mass is 450 g/mol. The molecule has 1 N–H and O–H groups in total. The van der Waals surface area contributed by atoms with Crippen LogP contribution in [0.4, 0.5) is 16.2 Å². The number of hydrogen-bond acceptors (Lipinski definition) is 7. The zero-order chi connectivity index (χ0) is 23.3. The van der Waals surface area contributed by atoms with E-state index < -0.39 is 29.3 Å². The van der Waals surface area contributed by atoms with Crippen LogP contribution in [0.15, 0.2) is 42.5 Å². The third-order valence-corrected chi connectivity index (χ3v) is 6.96. The molecule has 3 heterocycles. The van der Waals surface area contributed by atoms with Gasteiger partial charge < -0.3 is 19.3 Å². The van der Waals surface area contributed by atoms with E-state index in [1.165, 1.54) is 14.2 Å². The number of fused-ring (bicyclic) bond motifs is 4.